The molecule has 1 atom stereocenters. The van der Waals surface area contributed by atoms with E-state index < -0.39 is 0 Å². The quantitative estimate of drug-likeness (QED) is 0.751. The van der Waals surface area contributed by atoms with Crippen molar-refractivity contribution in [2.45, 2.75) is 32.3 Å². The number of carbonyl (C=O) groups is 1. The number of amides is 1. The third-order valence-electron chi connectivity index (χ3n) is 5.79. The Morgan fingerprint density at radius 2 is 1.89 bits per heavy atom. The molecule has 1 fully saturated rings. The fourth-order valence-electron chi connectivity index (χ4n) is 4.13. The van der Waals surface area contributed by atoms with Gasteiger partial charge in [0.25, 0.3) is 5.91 Å². The molecule has 1 saturated heterocycles. The summed E-state index contributed by atoms with van der Waals surface area (Å²) < 4.78 is 0. The zero-order valence-corrected chi connectivity index (χ0v) is 16.2. The van der Waals surface area contributed by atoms with Crippen molar-refractivity contribution in [1.82, 2.24) is 9.88 Å². The van der Waals surface area contributed by atoms with Gasteiger partial charge in [0.15, 0.2) is 0 Å². The summed E-state index contributed by atoms with van der Waals surface area (Å²) in [7, 11) is 0. The van der Waals surface area contributed by atoms with Crippen molar-refractivity contribution in [2.24, 2.45) is 5.92 Å². The van der Waals surface area contributed by atoms with Gasteiger partial charge >= 0.3 is 0 Å². The van der Waals surface area contributed by atoms with Crippen LogP contribution in [0.25, 0.3) is 10.9 Å². The van der Waals surface area contributed by atoms with E-state index in [4.69, 9.17) is 0 Å². The van der Waals surface area contributed by atoms with E-state index in [-0.39, 0.29) is 17.9 Å². The molecule has 144 valence electrons. The first-order chi connectivity index (χ1) is 13.6. The highest BCUT2D eigenvalue weighted by atomic mass is 16.3. The standard InChI is InChI=1S/C24H26N2O2/c1-17-7-8-22-21(15-17)20(9-12-25-22)24(28)26-13-10-19(11-14-26)23(27)16-18-5-3-2-4-6-18/h2-9,12,15,19,23,27H,10-11,13-14,16H2,1H3. The van der Waals surface area contributed by atoms with E-state index in [0.717, 1.165) is 40.4 Å². The fourth-order valence-corrected chi connectivity index (χ4v) is 4.13. The van der Waals surface area contributed by atoms with Crippen LogP contribution in [0, 0.1) is 12.8 Å². The van der Waals surface area contributed by atoms with Crippen molar-refractivity contribution in [2.75, 3.05) is 13.1 Å². The average Bonchev–Trinajstić information content (AvgIpc) is 2.73. The van der Waals surface area contributed by atoms with Crippen LogP contribution in [-0.4, -0.2) is 40.1 Å². The lowest BCUT2D eigenvalue weighted by atomic mass is 9.87. The number of benzene rings is 2. The van der Waals surface area contributed by atoms with Crippen LogP contribution < -0.4 is 0 Å². The van der Waals surface area contributed by atoms with E-state index in [1.165, 1.54) is 0 Å². The summed E-state index contributed by atoms with van der Waals surface area (Å²) in [4.78, 5) is 19.4. The number of hydrogen-bond donors (Lipinski definition) is 1. The lowest BCUT2D eigenvalue weighted by Crippen LogP contribution is -2.41. The molecule has 1 amide bonds. The van der Waals surface area contributed by atoms with Crippen molar-refractivity contribution in [1.29, 1.82) is 0 Å². The maximum Gasteiger partial charge on any atom is 0.254 e. The van der Waals surface area contributed by atoms with E-state index in [1.54, 1.807) is 6.20 Å². The Morgan fingerprint density at radius 3 is 2.64 bits per heavy atom. The molecule has 1 N–H and O–H groups in total. The van der Waals surface area contributed by atoms with Gasteiger partial charge in [-0.05, 0) is 55.9 Å². The summed E-state index contributed by atoms with van der Waals surface area (Å²) in [6, 6.07) is 17.9. The van der Waals surface area contributed by atoms with E-state index >= 15 is 0 Å². The minimum atomic E-state index is -0.357. The number of aryl methyl sites for hydroxylation is 1. The largest absolute Gasteiger partial charge is 0.392 e. The first-order valence-corrected chi connectivity index (χ1v) is 9.98. The van der Waals surface area contributed by atoms with Crippen LogP contribution in [0.4, 0.5) is 0 Å². The second kappa shape index (κ2) is 8.11. The van der Waals surface area contributed by atoms with Crippen molar-refractivity contribution in [3.63, 3.8) is 0 Å². The molecule has 0 spiro atoms. The highest BCUT2D eigenvalue weighted by molar-refractivity contribution is 6.06. The van der Waals surface area contributed by atoms with Crippen molar-refractivity contribution < 1.29 is 9.90 Å². The molecule has 4 heteroatoms. The third-order valence-corrected chi connectivity index (χ3v) is 5.79. The molecular formula is C24H26N2O2. The molecule has 0 saturated carbocycles. The number of rotatable bonds is 4. The number of fused-ring (bicyclic) bond motifs is 1. The molecule has 0 radical (unpaired) electrons. The number of piperidine rings is 1. The van der Waals surface area contributed by atoms with Gasteiger partial charge < -0.3 is 10.0 Å². The van der Waals surface area contributed by atoms with Crippen molar-refractivity contribution >= 4 is 16.8 Å². The summed E-state index contributed by atoms with van der Waals surface area (Å²) in [5, 5.41) is 11.5. The van der Waals surface area contributed by atoms with Crippen LogP contribution >= 0.6 is 0 Å². The SMILES string of the molecule is Cc1ccc2nccc(C(=O)N3CCC(C(O)Cc4ccccc4)CC3)c2c1. The van der Waals surface area contributed by atoms with Gasteiger partial charge in [-0.15, -0.1) is 0 Å². The van der Waals surface area contributed by atoms with E-state index in [1.807, 2.05) is 54.3 Å². The van der Waals surface area contributed by atoms with Gasteiger partial charge in [-0.25, -0.2) is 0 Å². The predicted molar refractivity (Wildman–Crippen MR) is 111 cm³/mol. The minimum absolute atomic E-state index is 0.0639. The lowest BCUT2D eigenvalue weighted by Gasteiger charge is -2.34. The van der Waals surface area contributed by atoms with Gasteiger partial charge in [-0.1, -0.05) is 42.0 Å². The monoisotopic (exact) mass is 374 g/mol. The van der Waals surface area contributed by atoms with Gasteiger partial charge in [0.1, 0.15) is 0 Å². The zero-order valence-electron chi connectivity index (χ0n) is 16.2. The van der Waals surface area contributed by atoms with Crippen LogP contribution in [0.1, 0.15) is 34.3 Å². The highest BCUT2D eigenvalue weighted by Gasteiger charge is 2.28. The summed E-state index contributed by atoms with van der Waals surface area (Å²) in [6.45, 7) is 3.40. The van der Waals surface area contributed by atoms with Crippen LogP contribution in [-0.2, 0) is 6.42 Å². The molecule has 1 aliphatic rings. The second-order valence-corrected chi connectivity index (χ2v) is 7.77. The molecule has 4 nitrogen and oxygen atoms in total. The van der Waals surface area contributed by atoms with Crippen LogP contribution in [0.15, 0.2) is 60.8 Å². The number of hydrogen-bond acceptors (Lipinski definition) is 3. The van der Waals surface area contributed by atoms with E-state index in [9.17, 15) is 9.90 Å². The Balaban J connectivity index is 1.42. The van der Waals surface area contributed by atoms with E-state index in [0.29, 0.717) is 19.5 Å². The lowest BCUT2D eigenvalue weighted by molar-refractivity contribution is 0.0468. The number of aliphatic hydroxyl groups is 1. The molecule has 1 aromatic heterocycles. The average molecular weight is 374 g/mol. The molecule has 0 aliphatic carbocycles. The first kappa shape index (κ1) is 18.6. The second-order valence-electron chi connectivity index (χ2n) is 7.77. The zero-order chi connectivity index (χ0) is 19.5. The van der Waals surface area contributed by atoms with Crippen molar-refractivity contribution in [3.05, 3.63) is 77.5 Å². The third kappa shape index (κ3) is 3.92. The van der Waals surface area contributed by atoms with E-state index in [2.05, 4.69) is 17.1 Å². The minimum Gasteiger partial charge on any atom is -0.392 e. The highest BCUT2D eigenvalue weighted by Crippen LogP contribution is 2.26. The normalized spacial score (nSPS) is 16.3. The molecular weight excluding hydrogens is 348 g/mol. The number of carbonyl (C=O) groups excluding carboxylic acids is 1. The Kier molecular flexibility index (Phi) is 5.40. The molecule has 1 unspecified atom stereocenters. The van der Waals surface area contributed by atoms with Gasteiger partial charge in [0.2, 0.25) is 0 Å². The molecule has 3 aromatic rings. The fraction of sp³-hybridized carbons (Fsp3) is 0.333. The topological polar surface area (TPSA) is 53.4 Å². The summed E-state index contributed by atoms with van der Waals surface area (Å²) >= 11 is 0. The maximum atomic E-state index is 13.1. The summed E-state index contributed by atoms with van der Waals surface area (Å²) in [6.07, 6.45) is 3.70. The molecule has 28 heavy (non-hydrogen) atoms. The first-order valence-electron chi connectivity index (χ1n) is 9.98. The number of nitrogens with zero attached hydrogens (tertiary/aromatic N) is 2. The van der Waals surface area contributed by atoms with Gasteiger partial charge in [-0.2, -0.15) is 0 Å². The van der Waals surface area contributed by atoms with Crippen LogP contribution in [0.2, 0.25) is 0 Å². The molecule has 2 heterocycles. The van der Waals surface area contributed by atoms with Crippen molar-refractivity contribution in [3.8, 4) is 0 Å². The smallest absolute Gasteiger partial charge is 0.254 e. The number of likely N-dealkylation sites (tertiary alicyclic amines) is 1. The predicted octanol–water partition coefficient (Wildman–Crippen LogP) is 4.00. The van der Waals surface area contributed by atoms with Crippen LogP contribution in [0.5, 0.6) is 0 Å². The maximum absolute atomic E-state index is 13.1. The summed E-state index contributed by atoms with van der Waals surface area (Å²) in [5.41, 5.74) is 3.85. The number of pyridine rings is 1. The Bertz CT molecular complexity index is 963. The Labute approximate surface area is 165 Å². The Hall–Kier alpha value is -2.72. The van der Waals surface area contributed by atoms with Crippen LogP contribution in [0.3, 0.4) is 0 Å². The van der Waals surface area contributed by atoms with Gasteiger partial charge in [0, 0.05) is 24.7 Å². The molecule has 1 aliphatic heterocycles. The van der Waals surface area contributed by atoms with Gasteiger partial charge in [-0.3, -0.25) is 9.78 Å². The molecule has 4 rings (SSSR count). The Morgan fingerprint density at radius 1 is 1.14 bits per heavy atom. The molecule has 2 aromatic carbocycles. The molecule has 0 bridgehead atoms. The summed E-state index contributed by atoms with van der Waals surface area (Å²) in [5.74, 6) is 0.301. The number of aliphatic hydroxyl groups excluding tert-OH is 1. The van der Waals surface area contributed by atoms with Gasteiger partial charge in [0.05, 0.1) is 17.2 Å². The number of aromatic nitrogens is 1.